The molecule has 0 aliphatic heterocycles. The third-order valence-electron chi connectivity index (χ3n) is 12.3. The van der Waals surface area contributed by atoms with E-state index in [4.69, 9.17) is 19.4 Å². The van der Waals surface area contributed by atoms with Gasteiger partial charge in [0.15, 0.2) is 17.5 Å². The lowest BCUT2D eigenvalue weighted by Crippen LogP contribution is -2.00. The summed E-state index contributed by atoms with van der Waals surface area (Å²) in [6, 6.07) is 83.3. The monoisotopic (exact) mass is 829 g/mol. The number of rotatable bonds is 8. The Morgan fingerprint density at radius 1 is 0.262 bits per heavy atom. The van der Waals surface area contributed by atoms with Crippen LogP contribution in [0.1, 0.15) is 0 Å². The Labute approximate surface area is 376 Å². The van der Waals surface area contributed by atoms with E-state index in [0.29, 0.717) is 17.5 Å². The van der Waals surface area contributed by atoms with Crippen molar-refractivity contribution in [2.45, 2.75) is 0 Å². The minimum atomic E-state index is 0.628. The van der Waals surface area contributed by atoms with E-state index in [9.17, 15) is 0 Å². The summed E-state index contributed by atoms with van der Waals surface area (Å²) in [7, 11) is 0. The maximum absolute atomic E-state index is 6.47. The zero-order valence-corrected chi connectivity index (χ0v) is 35.3. The molecule has 0 saturated heterocycles. The molecule has 12 aromatic rings. The van der Waals surface area contributed by atoms with Gasteiger partial charge in [0.25, 0.3) is 0 Å². The third-order valence-corrected chi connectivity index (χ3v) is 12.3. The number of fused-ring (bicyclic) bond motifs is 5. The highest BCUT2D eigenvalue weighted by molar-refractivity contribution is 6.19. The van der Waals surface area contributed by atoms with Crippen LogP contribution in [0.2, 0.25) is 0 Å². The van der Waals surface area contributed by atoms with Crippen molar-refractivity contribution in [3.63, 3.8) is 0 Å². The molecular weight excluding hydrogens is 791 g/mol. The van der Waals surface area contributed by atoms with Crippen molar-refractivity contribution >= 4 is 32.7 Å². The number of nitrogens with zero attached hydrogens (tertiary/aromatic N) is 3. The van der Waals surface area contributed by atoms with Crippen LogP contribution < -0.4 is 0 Å². The number of furan rings is 1. The molecule has 0 saturated carbocycles. The summed E-state index contributed by atoms with van der Waals surface area (Å²) in [5.41, 5.74) is 16.0. The fraction of sp³-hybridized carbons (Fsp3) is 0. The summed E-state index contributed by atoms with van der Waals surface area (Å²) in [6.45, 7) is 0. The summed E-state index contributed by atoms with van der Waals surface area (Å²) in [5, 5.41) is 4.64. The summed E-state index contributed by atoms with van der Waals surface area (Å²) in [5.74, 6) is 1.91. The zero-order chi connectivity index (χ0) is 43.1. The minimum absolute atomic E-state index is 0.628. The average molecular weight is 830 g/mol. The second-order valence-corrected chi connectivity index (χ2v) is 16.3. The molecule has 0 spiro atoms. The van der Waals surface area contributed by atoms with E-state index in [1.807, 2.05) is 60.7 Å². The highest BCUT2D eigenvalue weighted by Crippen LogP contribution is 2.45. The largest absolute Gasteiger partial charge is 0.456 e. The van der Waals surface area contributed by atoms with Crippen LogP contribution in [-0.4, -0.2) is 15.0 Å². The lowest BCUT2D eigenvalue weighted by molar-refractivity contribution is 0.669. The van der Waals surface area contributed by atoms with Gasteiger partial charge in [-0.25, -0.2) is 15.0 Å². The first-order chi connectivity index (χ1) is 32.2. The molecule has 0 amide bonds. The molecular formula is C61H39N3O. The Morgan fingerprint density at radius 3 is 1.40 bits per heavy atom. The SMILES string of the molecule is c1ccc(-c2cc(-c3ccc(-c4cccc(-c5nc(-c6ccccc6)nc(-c6ccccc6)n5)c4)cc3)c(-c3ccccc3)c(-c3ccc4oc5ccc6ccccc6c5c4c3)c2)cc1. The Bertz CT molecular complexity index is 3620. The van der Waals surface area contributed by atoms with Crippen LogP contribution in [0.4, 0.5) is 0 Å². The first kappa shape index (κ1) is 38.0. The summed E-state index contributed by atoms with van der Waals surface area (Å²) >= 11 is 0. The summed E-state index contributed by atoms with van der Waals surface area (Å²) < 4.78 is 6.47. The lowest BCUT2D eigenvalue weighted by atomic mass is 9.84. The molecule has 0 aliphatic rings. The molecule has 4 nitrogen and oxygen atoms in total. The molecule has 0 bridgehead atoms. The summed E-state index contributed by atoms with van der Waals surface area (Å²) in [6.07, 6.45) is 0. The Morgan fingerprint density at radius 2 is 0.738 bits per heavy atom. The molecule has 4 heteroatoms. The van der Waals surface area contributed by atoms with Crippen molar-refractivity contribution in [1.29, 1.82) is 0 Å². The normalized spacial score (nSPS) is 11.4. The second-order valence-electron chi connectivity index (χ2n) is 16.3. The molecule has 12 rings (SSSR count). The van der Waals surface area contributed by atoms with E-state index >= 15 is 0 Å². The predicted octanol–water partition coefficient (Wildman–Crippen LogP) is 16.3. The highest BCUT2D eigenvalue weighted by atomic mass is 16.3. The van der Waals surface area contributed by atoms with Crippen molar-refractivity contribution in [2.24, 2.45) is 0 Å². The Hall–Kier alpha value is -8.73. The topological polar surface area (TPSA) is 51.8 Å². The van der Waals surface area contributed by atoms with Gasteiger partial charge in [-0.15, -0.1) is 0 Å². The van der Waals surface area contributed by atoms with Crippen LogP contribution in [0.3, 0.4) is 0 Å². The van der Waals surface area contributed by atoms with E-state index in [2.05, 4.69) is 176 Å². The quantitative estimate of drug-likeness (QED) is 0.153. The van der Waals surface area contributed by atoms with Crippen molar-refractivity contribution in [3.05, 3.63) is 237 Å². The smallest absolute Gasteiger partial charge is 0.164 e. The predicted molar refractivity (Wildman–Crippen MR) is 268 cm³/mol. The average Bonchev–Trinajstić information content (AvgIpc) is 3.78. The van der Waals surface area contributed by atoms with Gasteiger partial charge in [-0.1, -0.05) is 200 Å². The zero-order valence-electron chi connectivity index (χ0n) is 35.3. The van der Waals surface area contributed by atoms with E-state index in [1.165, 1.54) is 16.3 Å². The lowest BCUT2D eigenvalue weighted by Gasteiger charge is -2.19. The van der Waals surface area contributed by atoms with Gasteiger partial charge in [-0.3, -0.25) is 0 Å². The number of benzene rings is 10. The van der Waals surface area contributed by atoms with E-state index < -0.39 is 0 Å². The molecule has 2 heterocycles. The molecule has 0 N–H and O–H groups in total. The first-order valence-corrected chi connectivity index (χ1v) is 21.9. The molecule has 0 atom stereocenters. The van der Waals surface area contributed by atoms with Crippen molar-refractivity contribution in [3.8, 4) is 89.8 Å². The molecule has 2 aromatic heterocycles. The van der Waals surface area contributed by atoms with Gasteiger partial charge in [-0.05, 0) is 103 Å². The van der Waals surface area contributed by atoms with Crippen LogP contribution >= 0.6 is 0 Å². The van der Waals surface area contributed by atoms with E-state index in [-0.39, 0.29) is 0 Å². The molecule has 65 heavy (non-hydrogen) atoms. The van der Waals surface area contributed by atoms with Crippen molar-refractivity contribution < 1.29 is 4.42 Å². The van der Waals surface area contributed by atoms with E-state index in [1.54, 1.807) is 0 Å². The number of hydrogen-bond donors (Lipinski definition) is 0. The first-order valence-electron chi connectivity index (χ1n) is 21.9. The number of hydrogen-bond acceptors (Lipinski definition) is 4. The fourth-order valence-corrected chi connectivity index (χ4v) is 9.14. The second kappa shape index (κ2) is 16.2. The summed E-state index contributed by atoms with van der Waals surface area (Å²) in [4.78, 5) is 14.9. The standard InChI is InChI=1S/C61H39N3O/c1-5-16-40(17-6-1)50-38-52(57(44-19-7-2-8-20-44)53(39-50)48-33-34-55-54(37-48)58-51-27-14-13-18-42(51)32-35-56(58)65-55)43-30-28-41(29-31-43)47-25-15-26-49(36-47)61-63-59(45-21-9-3-10-22-45)62-60(64-61)46-23-11-4-12-24-46/h1-39H. The van der Waals surface area contributed by atoms with Gasteiger partial charge in [0, 0.05) is 27.5 Å². The molecule has 0 unspecified atom stereocenters. The number of aromatic nitrogens is 3. The van der Waals surface area contributed by atoms with Gasteiger partial charge in [-0.2, -0.15) is 0 Å². The van der Waals surface area contributed by atoms with Crippen LogP contribution in [0.15, 0.2) is 241 Å². The Kier molecular flexibility index (Phi) is 9.46. The van der Waals surface area contributed by atoms with Gasteiger partial charge < -0.3 is 4.42 Å². The van der Waals surface area contributed by atoms with Crippen LogP contribution in [0.5, 0.6) is 0 Å². The maximum atomic E-state index is 6.47. The maximum Gasteiger partial charge on any atom is 0.164 e. The van der Waals surface area contributed by atoms with Crippen LogP contribution in [0, 0.1) is 0 Å². The van der Waals surface area contributed by atoms with Crippen molar-refractivity contribution in [1.82, 2.24) is 15.0 Å². The van der Waals surface area contributed by atoms with Gasteiger partial charge in [0.1, 0.15) is 11.2 Å². The molecule has 0 aliphatic carbocycles. The molecule has 10 aromatic carbocycles. The molecule has 0 fully saturated rings. The molecule has 0 radical (unpaired) electrons. The van der Waals surface area contributed by atoms with Gasteiger partial charge >= 0.3 is 0 Å². The van der Waals surface area contributed by atoms with Crippen molar-refractivity contribution in [2.75, 3.05) is 0 Å². The fourth-order valence-electron chi connectivity index (χ4n) is 9.14. The highest BCUT2D eigenvalue weighted by Gasteiger charge is 2.20. The third kappa shape index (κ3) is 7.13. The van der Waals surface area contributed by atoms with Crippen LogP contribution in [-0.2, 0) is 0 Å². The van der Waals surface area contributed by atoms with E-state index in [0.717, 1.165) is 88.7 Å². The van der Waals surface area contributed by atoms with Gasteiger partial charge in [0.05, 0.1) is 0 Å². The molecule has 304 valence electrons. The van der Waals surface area contributed by atoms with Crippen LogP contribution in [0.25, 0.3) is 123 Å². The van der Waals surface area contributed by atoms with Gasteiger partial charge in [0.2, 0.25) is 0 Å². The Balaban J connectivity index is 0.997. The minimum Gasteiger partial charge on any atom is -0.456 e.